The molecule has 1 aromatic heterocycles. The average Bonchev–Trinajstić information content (AvgIpc) is 2.50. The Morgan fingerprint density at radius 1 is 1.26 bits per heavy atom. The van der Waals surface area contributed by atoms with E-state index < -0.39 is 0 Å². The Hall–Kier alpha value is -1.62. The highest BCUT2D eigenvalue weighted by Gasteiger charge is 2.41. The van der Waals surface area contributed by atoms with Gasteiger partial charge in [0.1, 0.15) is 6.04 Å². The molecule has 5 nitrogen and oxygen atoms in total. The maximum absolute atomic E-state index is 12.9. The van der Waals surface area contributed by atoms with Crippen molar-refractivity contribution < 1.29 is 4.79 Å². The first-order valence-corrected chi connectivity index (χ1v) is 8.84. The molecular formula is C18H26N4O. The molecule has 0 N–H and O–H groups in total. The van der Waals surface area contributed by atoms with Gasteiger partial charge >= 0.3 is 0 Å². The Kier molecular flexibility index (Phi) is 3.56. The van der Waals surface area contributed by atoms with E-state index in [9.17, 15) is 4.79 Å². The molecule has 23 heavy (non-hydrogen) atoms. The van der Waals surface area contributed by atoms with Crippen molar-refractivity contribution in [3.05, 3.63) is 17.8 Å². The van der Waals surface area contributed by atoms with Gasteiger partial charge < -0.3 is 9.80 Å². The van der Waals surface area contributed by atoms with Crippen LogP contribution < -0.4 is 9.80 Å². The molecule has 1 amide bonds. The Labute approximate surface area is 138 Å². The molecule has 0 radical (unpaired) electrons. The zero-order chi connectivity index (χ0) is 16.1. The minimum atomic E-state index is -0.0919. The maximum atomic E-state index is 12.9. The average molecular weight is 314 g/mol. The van der Waals surface area contributed by atoms with Crippen molar-refractivity contribution in [2.24, 2.45) is 0 Å². The maximum Gasteiger partial charge on any atom is 0.250 e. The van der Waals surface area contributed by atoms with E-state index in [1.807, 2.05) is 18.1 Å². The number of pyridine rings is 1. The number of likely N-dealkylation sites (N-methyl/N-ethyl adjacent to an activating group) is 1. The number of rotatable bonds is 2. The third kappa shape index (κ3) is 2.33. The van der Waals surface area contributed by atoms with Gasteiger partial charge in [-0.3, -0.25) is 9.69 Å². The minimum Gasteiger partial charge on any atom is -0.340 e. The molecule has 2 fully saturated rings. The number of carbonyl (C=O) groups is 1. The van der Waals surface area contributed by atoms with Gasteiger partial charge in [0.25, 0.3) is 5.91 Å². The van der Waals surface area contributed by atoms with Gasteiger partial charge in [-0.25, -0.2) is 4.98 Å². The van der Waals surface area contributed by atoms with E-state index in [1.165, 1.54) is 24.8 Å². The van der Waals surface area contributed by atoms with Crippen molar-refractivity contribution in [1.82, 2.24) is 9.88 Å². The first kappa shape index (κ1) is 14.9. The van der Waals surface area contributed by atoms with Crippen LogP contribution in [0.25, 0.3) is 0 Å². The number of carbonyl (C=O) groups excluding carboxylic acids is 1. The number of amides is 1. The molecular weight excluding hydrogens is 288 g/mol. The summed E-state index contributed by atoms with van der Waals surface area (Å²) in [5.41, 5.74) is 2.29. The number of nitrogens with zero attached hydrogens (tertiary/aromatic N) is 4. The van der Waals surface area contributed by atoms with Gasteiger partial charge in [0.2, 0.25) is 0 Å². The van der Waals surface area contributed by atoms with Crippen LogP contribution >= 0.6 is 0 Å². The molecule has 1 aromatic rings. The number of hydrogen-bond acceptors (Lipinski definition) is 4. The second kappa shape index (κ2) is 5.48. The molecule has 3 heterocycles. The van der Waals surface area contributed by atoms with Crippen LogP contribution in [0.1, 0.15) is 44.6 Å². The lowest BCUT2D eigenvalue weighted by molar-refractivity contribution is -0.121. The summed E-state index contributed by atoms with van der Waals surface area (Å²) in [5, 5.41) is 0. The normalized spacial score (nSPS) is 25.4. The van der Waals surface area contributed by atoms with Crippen LogP contribution in [-0.4, -0.2) is 54.6 Å². The Morgan fingerprint density at radius 3 is 2.70 bits per heavy atom. The molecule has 3 aliphatic rings. The zero-order valence-electron chi connectivity index (χ0n) is 14.3. The summed E-state index contributed by atoms with van der Waals surface area (Å²) in [7, 11) is 1.90. The zero-order valence-corrected chi connectivity index (χ0v) is 14.3. The Bertz CT molecular complexity index is 625. The highest BCUT2D eigenvalue weighted by molar-refractivity contribution is 6.04. The van der Waals surface area contributed by atoms with Crippen LogP contribution in [-0.2, 0) is 4.79 Å². The van der Waals surface area contributed by atoms with Crippen molar-refractivity contribution in [3.63, 3.8) is 0 Å². The number of fused-ring (bicyclic) bond motifs is 3. The molecule has 0 bridgehead atoms. The van der Waals surface area contributed by atoms with Gasteiger partial charge in [-0.1, -0.05) is 6.42 Å². The largest absolute Gasteiger partial charge is 0.340 e. The van der Waals surface area contributed by atoms with Crippen molar-refractivity contribution in [1.29, 1.82) is 0 Å². The lowest BCUT2D eigenvalue weighted by Gasteiger charge is -2.47. The molecule has 4 rings (SSSR count). The van der Waals surface area contributed by atoms with Gasteiger partial charge in [0.05, 0.1) is 5.69 Å². The second-order valence-electron chi connectivity index (χ2n) is 7.43. The molecule has 0 unspecified atom stereocenters. The standard InChI is InChI=1S/C18H26N4O/c1-12(2)21-7-8-22-16(11-21)18(23)20(3)15-9-14(10-19-17(15)22)13-5-4-6-13/h9-10,12-13,16H,4-8,11H2,1-3H3/t16-/m1/s1. The summed E-state index contributed by atoms with van der Waals surface area (Å²) in [6, 6.07) is 2.59. The monoisotopic (exact) mass is 314 g/mol. The highest BCUT2D eigenvalue weighted by atomic mass is 16.2. The number of piperazine rings is 1. The molecule has 1 saturated carbocycles. The van der Waals surface area contributed by atoms with E-state index in [4.69, 9.17) is 4.98 Å². The van der Waals surface area contributed by atoms with Gasteiger partial charge in [0.15, 0.2) is 5.82 Å². The van der Waals surface area contributed by atoms with Gasteiger partial charge in [-0.05, 0) is 44.2 Å². The van der Waals surface area contributed by atoms with E-state index in [0.29, 0.717) is 12.0 Å². The third-order valence-corrected chi connectivity index (χ3v) is 5.84. The lowest BCUT2D eigenvalue weighted by Crippen LogP contribution is -2.63. The van der Waals surface area contributed by atoms with Crippen LogP contribution in [0, 0.1) is 0 Å². The van der Waals surface area contributed by atoms with Crippen LogP contribution in [0.5, 0.6) is 0 Å². The van der Waals surface area contributed by atoms with Crippen molar-refractivity contribution >= 4 is 17.4 Å². The van der Waals surface area contributed by atoms with Crippen molar-refractivity contribution in [2.45, 2.75) is 51.1 Å². The summed E-state index contributed by atoms with van der Waals surface area (Å²) in [6.45, 7) is 7.07. The van der Waals surface area contributed by atoms with E-state index in [1.54, 1.807) is 0 Å². The van der Waals surface area contributed by atoms with Crippen LogP contribution in [0.2, 0.25) is 0 Å². The summed E-state index contributed by atoms with van der Waals surface area (Å²) < 4.78 is 0. The summed E-state index contributed by atoms with van der Waals surface area (Å²) in [6.07, 6.45) is 5.87. The lowest BCUT2D eigenvalue weighted by atomic mass is 9.80. The Balaban J connectivity index is 1.67. The third-order valence-electron chi connectivity index (χ3n) is 5.84. The number of anilines is 2. The second-order valence-corrected chi connectivity index (χ2v) is 7.43. The number of hydrogen-bond donors (Lipinski definition) is 0. The van der Waals surface area contributed by atoms with E-state index in [-0.39, 0.29) is 11.9 Å². The fraction of sp³-hybridized carbons (Fsp3) is 0.667. The van der Waals surface area contributed by atoms with Gasteiger partial charge in [-0.15, -0.1) is 0 Å². The minimum absolute atomic E-state index is 0.0919. The van der Waals surface area contributed by atoms with Crippen LogP contribution in [0.4, 0.5) is 11.5 Å². The predicted molar refractivity (Wildman–Crippen MR) is 92.1 cm³/mol. The molecule has 1 aliphatic carbocycles. The van der Waals surface area contributed by atoms with Crippen molar-refractivity contribution in [3.8, 4) is 0 Å². The number of aromatic nitrogens is 1. The Morgan fingerprint density at radius 2 is 2.04 bits per heavy atom. The molecule has 1 saturated heterocycles. The quantitative estimate of drug-likeness (QED) is 0.839. The fourth-order valence-electron chi connectivity index (χ4n) is 3.97. The SMILES string of the molecule is CC(C)N1CCN2c3ncc(C4CCC4)cc3N(C)C(=O)[C@H]2C1. The first-order valence-electron chi connectivity index (χ1n) is 8.84. The van der Waals surface area contributed by atoms with E-state index >= 15 is 0 Å². The van der Waals surface area contributed by atoms with Gasteiger partial charge in [0, 0.05) is 38.9 Å². The van der Waals surface area contributed by atoms with E-state index in [0.717, 1.165) is 31.1 Å². The molecule has 1 atom stereocenters. The molecule has 0 aromatic carbocycles. The van der Waals surface area contributed by atoms with Gasteiger partial charge in [-0.2, -0.15) is 0 Å². The summed E-state index contributed by atoms with van der Waals surface area (Å²) in [4.78, 5) is 24.1. The fourth-order valence-corrected chi connectivity index (χ4v) is 3.97. The molecule has 5 heteroatoms. The highest BCUT2D eigenvalue weighted by Crippen LogP contribution is 2.41. The first-order chi connectivity index (χ1) is 11.1. The summed E-state index contributed by atoms with van der Waals surface area (Å²) >= 11 is 0. The molecule has 0 spiro atoms. The van der Waals surface area contributed by atoms with Crippen LogP contribution in [0.15, 0.2) is 12.3 Å². The topological polar surface area (TPSA) is 39.7 Å². The smallest absolute Gasteiger partial charge is 0.250 e. The molecule has 2 aliphatic heterocycles. The van der Waals surface area contributed by atoms with E-state index in [2.05, 4.69) is 29.7 Å². The molecule has 124 valence electrons. The predicted octanol–water partition coefficient (Wildman–Crippen LogP) is 2.22. The van der Waals surface area contributed by atoms with Crippen LogP contribution in [0.3, 0.4) is 0 Å². The van der Waals surface area contributed by atoms with Crippen molar-refractivity contribution in [2.75, 3.05) is 36.5 Å². The summed E-state index contributed by atoms with van der Waals surface area (Å²) in [5.74, 6) is 1.84.